The molecule has 0 aliphatic rings. The van der Waals surface area contributed by atoms with Crippen LogP contribution in [-0.2, 0) is 0 Å². The van der Waals surface area contributed by atoms with Crippen LogP contribution in [0.3, 0.4) is 0 Å². The zero-order chi connectivity index (χ0) is 17.4. The minimum absolute atomic E-state index is 0.0832. The Kier molecular flexibility index (Phi) is 8.32. The molecule has 0 aliphatic carbocycles. The van der Waals surface area contributed by atoms with Crippen LogP contribution in [0, 0.1) is 11.7 Å². The van der Waals surface area contributed by atoms with E-state index in [2.05, 4.69) is 25.9 Å². The molecule has 1 aromatic rings. The van der Waals surface area contributed by atoms with E-state index in [1.807, 2.05) is 0 Å². The molecule has 0 amide bonds. The van der Waals surface area contributed by atoms with Crippen LogP contribution in [0.1, 0.15) is 65.4 Å². The van der Waals surface area contributed by atoms with Crippen LogP contribution in [0.15, 0.2) is 28.9 Å². The summed E-state index contributed by atoms with van der Waals surface area (Å²) in [5.74, 6) is -0.0653. The lowest BCUT2D eigenvalue weighted by Crippen LogP contribution is -2.08. The van der Waals surface area contributed by atoms with Crippen LogP contribution in [-0.4, -0.2) is 10.9 Å². The molecule has 0 aliphatic heterocycles. The van der Waals surface area contributed by atoms with Crippen molar-refractivity contribution in [2.24, 2.45) is 11.1 Å². The van der Waals surface area contributed by atoms with Crippen molar-refractivity contribution < 1.29 is 9.60 Å². The third-order valence-corrected chi connectivity index (χ3v) is 4.55. The molecule has 4 heteroatoms. The maximum absolute atomic E-state index is 13.5. The predicted molar refractivity (Wildman–Crippen MR) is 96.8 cm³/mol. The molecule has 1 rings (SSSR count). The number of allylic oxidation sites excluding steroid dienone is 2. The fourth-order valence-electron chi connectivity index (χ4n) is 2.97. The van der Waals surface area contributed by atoms with Crippen molar-refractivity contribution in [3.8, 4) is 0 Å². The average molecular weight is 340 g/mol. The minimum Gasteiger partial charge on any atom is -0.411 e. The molecule has 1 atom stereocenters. The van der Waals surface area contributed by atoms with Gasteiger partial charge < -0.3 is 5.21 Å². The average Bonchev–Trinajstić information content (AvgIpc) is 2.54. The van der Waals surface area contributed by atoms with Crippen molar-refractivity contribution in [1.82, 2.24) is 0 Å². The van der Waals surface area contributed by atoms with Gasteiger partial charge in [0, 0.05) is 5.57 Å². The molecule has 0 spiro atoms. The lowest BCUT2D eigenvalue weighted by Gasteiger charge is -2.20. The van der Waals surface area contributed by atoms with Crippen LogP contribution in [0.4, 0.5) is 4.39 Å². The number of unbranched alkanes of at least 4 members (excludes halogenated alkanes) is 2. The summed E-state index contributed by atoms with van der Waals surface area (Å²) < 4.78 is 13.5. The zero-order valence-corrected chi connectivity index (χ0v) is 15.3. The van der Waals surface area contributed by atoms with Gasteiger partial charge in [0.2, 0.25) is 0 Å². The zero-order valence-electron chi connectivity index (χ0n) is 14.5. The summed E-state index contributed by atoms with van der Waals surface area (Å²) in [6, 6.07) is 4.66. The van der Waals surface area contributed by atoms with Crippen molar-refractivity contribution in [1.29, 1.82) is 0 Å². The standard InChI is InChI=1S/C19H27ClFNO/c1-5-7-8-9-13(3)16(6-2)19(14(4)22-23)15-10-11-18(21)17(20)12-15/h10-13,23H,5-9H2,1-4H3/b19-16-,22-14+. The van der Waals surface area contributed by atoms with Gasteiger partial charge >= 0.3 is 0 Å². The Balaban J connectivity index is 3.32. The number of benzene rings is 1. The van der Waals surface area contributed by atoms with Gasteiger partial charge in [-0.25, -0.2) is 4.39 Å². The van der Waals surface area contributed by atoms with Crippen molar-refractivity contribution >= 4 is 22.9 Å². The molecule has 1 aromatic carbocycles. The molecule has 1 N–H and O–H groups in total. The molecule has 0 heterocycles. The summed E-state index contributed by atoms with van der Waals surface area (Å²) in [7, 11) is 0. The van der Waals surface area contributed by atoms with E-state index in [9.17, 15) is 9.60 Å². The van der Waals surface area contributed by atoms with E-state index < -0.39 is 5.82 Å². The fraction of sp³-hybridized carbons (Fsp3) is 0.526. The summed E-state index contributed by atoms with van der Waals surface area (Å²) in [5, 5.41) is 12.7. The third-order valence-electron chi connectivity index (χ3n) is 4.26. The smallest absolute Gasteiger partial charge is 0.141 e. The van der Waals surface area contributed by atoms with Crippen LogP contribution in [0.2, 0.25) is 5.02 Å². The molecular formula is C19H27ClFNO. The molecule has 128 valence electrons. The van der Waals surface area contributed by atoms with Gasteiger partial charge in [-0.15, -0.1) is 0 Å². The highest BCUT2D eigenvalue weighted by Gasteiger charge is 2.18. The number of halogens is 2. The van der Waals surface area contributed by atoms with Crippen LogP contribution in [0.25, 0.3) is 5.57 Å². The summed E-state index contributed by atoms with van der Waals surface area (Å²) >= 11 is 5.94. The van der Waals surface area contributed by atoms with E-state index in [1.54, 1.807) is 19.1 Å². The third kappa shape index (κ3) is 5.35. The number of nitrogens with zero attached hydrogens (tertiary/aromatic N) is 1. The SMILES string of the molecule is CCCCCC(C)/C(CC)=C(/C(C)=N/O)c1ccc(F)c(Cl)c1. The summed E-state index contributed by atoms with van der Waals surface area (Å²) in [5.41, 5.74) is 3.43. The quantitative estimate of drug-likeness (QED) is 0.243. The molecule has 1 unspecified atom stereocenters. The summed E-state index contributed by atoms with van der Waals surface area (Å²) in [4.78, 5) is 0. The lowest BCUT2D eigenvalue weighted by atomic mass is 9.85. The Morgan fingerprint density at radius 2 is 2.00 bits per heavy atom. The second-order valence-corrected chi connectivity index (χ2v) is 6.37. The molecule has 0 aromatic heterocycles. The number of hydrogen-bond donors (Lipinski definition) is 1. The maximum atomic E-state index is 13.5. The summed E-state index contributed by atoms with van der Waals surface area (Å²) in [6.07, 6.45) is 5.52. The number of hydrogen-bond acceptors (Lipinski definition) is 2. The summed E-state index contributed by atoms with van der Waals surface area (Å²) in [6.45, 7) is 8.25. The molecule has 23 heavy (non-hydrogen) atoms. The largest absolute Gasteiger partial charge is 0.411 e. The van der Waals surface area contributed by atoms with Gasteiger partial charge in [-0.3, -0.25) is 0 Å². The molecule has 0 saturated heterocycles. The van der Waals surface area contributed by atoms with E-state index >= 15 is 0 Å². The molecule has 0 fully saturated rings. The van der Waals surface area contributed by atoms with Gasteiger partial charge in [-0.1, -0.05) is 68.4 Å². The van der Waals surface area contributed by atoms with Gasteiger partial charge in [0.15, 0.2) is 0 Å². The van der Waals surface area contributed by atoms with E-state index in [0.29, 0.717) is 11.6 Å². The second kappa shape index (κ2) is 9.71. The van der Waals surface area contributed by atoms with Gasteiger partial charge in [-0.05, 0) is 43.4 Å². The molecule has 0 saturated carbocycles. The molecule has 2 nitrogen and oxygen atoms in total. The Morgan fingerprint density at radius 3 is 2.52 bits per heavy atom. The Morgan fingerprint density at radius 1 is 1.30 bits per heavy atom. The van der Waals surface area contributed by atoms with Gasteiger partial charge in [-0.2, -0.15) is 0 Å². The highest BCUT2D eigenvalue weighted by molar-refractivity contribution is 6.31. The lowest BCUT2D eigenvalue weighted by molar-refractivity contribution is 0.319. The Labute approximate surface area is 144 Å². The van der Waals surface area contributed by atoms with Crippen molar-refractivity contribution in [2.45, 2.75) is 59.8 Å². The monoisotopic (exact) mass is 339 g/mol. The van der Waals surface area contributed by atoms with Crippen LogP contribution < -0.4 is 0 Å². The topological polar surface area (TPSA) is 32.6 Å². The van der Waals surface area contributed by atoms with E-state index in [1.165, 1.54) is 30.9 Å². The van der Waals surface area contributed by atoms with Crippen molar-refractivity contribution in [3.05, 3.63) is 40.2 Å². The first-order chi connectivity index (χ1) is 11.0. The van der Waals surface area contributed by atoms with Crippen molar-refractivity contribution in [2.75, 3.05) is 0 Å². The van der Waals surface area contributed by atoms with Crippen LogP contribution >= 0.6 is 11.6 Å². The van der Waals surface area contributed by atoms with Gasteiger partial charge in [0.25, 0.3) is 0 Å². The first kappa shape index (κ1) is 19.7. The Hall–Kier alpha value is -1.35. The highest BCUT2D eigenvalue weighted by Crippen LogP contribution is 2.32. The van der Waals surface area contributed by atoms with E-state index in [4.69, 9.17) is 11.6 Å². The normalized spacial score (nSPS) is 14.6. The van der Waals surface area contributed by atoms with Crippen molar-refractivity contribution in [3.63, 3.8) is 0 Å². The van der Waals surface area contributed by atoms with E-state index in [0.717, 1.165) is 24.0 Å². The van der Waals surface area contributed by atoms with Gasteiger partial charge in [0.05, 0.1) is 10.7 Å². The number of rotatable bonds is 8. The molecule has 0 radical (unpaired) electrons. The Bertz CT molecular complexity index is 581. The first-order valence-corrected chi connectivity index (χ1v) is 8.71. The fourth-order valence-corrected chi connectivity index (χ4v) is 3.16. The predicted octanol–water partition coefficient (Wildman–Crippen LogP) is 6.71. The minimum atomic E-state index is -0.442. The van der Waals surface area contributed by atoms with Gasteiger partial charge in [0.1, 0.15) is 5.82 Å². The molecular weight excluding hydrogens is 313 g/mol. The second-order valence-electron chi connectivity index (χ2n) is 5.96. The van der Waals surface area contributed by atoms with E-state index in [-0.39, 0.29) is 5.02 Å². The number of oxime groups is 1. The molecule has 0 bridgehead atoms. The highest BCUT2D eigenvalue weighted by atomic mass is 35.5. The first-order valence-electron chi connectivity index (χ1n) is 8.33. The maximum Gasteiger partial charge on any atom is 0.141 e. The van der Waals surface area contributed by atoms with Crippen LogP contribution in [0.5, 0.6) is 0 Å².